The Morgan fingerprint density at radius 2 is 2.15 bits per heavy atom. The van der Waals surface area contributed by atoms with Crippen molar-refractivity contribution in [2.75, 3.05) is 0 Å². The minimum atomic E-state index is -0.157. The van der Waals surface area contributed by atoms with Crippen molar-refractivity contribution in [3.8, 4) is 0 Å². The fourth-order valence-electron chi connectivity index (χ4n) is 3.02. The molecule has 0 radical (unpaired) electrons. The maximum atomic E-state index is 12.5. The molecule has 0 atom stereocenters. The number of thiophene rings is 1. The fraction of sp³-hybridized carbons (Fsp3) is 0.143. The number of hydrogen-bond acceptors (Lipinski definition) is 4. The number of amides is 1. The molecule has 3 heterocycles. The molecule has 4 rings (SSSR count). The van der Waals surface area contributed by atoms with E-state index in [1.165, 1.54) is 16.9 Å². The Bertz CT molecular complexity index is 1090. The Morgan fingerprint density at radius 3 is 2.96 bits per heavy atom. The average Bonchev–Trinajstić information content (AvgIpc) is 3.44. The van der Waals surface area contributed by atoms with E-state index in [0.29, 0.717) is 17.1 Å². The van der Waals surface area contributed by atoms with Crippen molar-refractivity contribution in [1.29, 1.82) is 0 Å². The highest BCUT2D eigenvalue weighted by Gasteiger charge is 2.13. The molecule has 0 unspecified atom stereocenters. The van der Waals surface area contributed by atoms with Gasteiger partial charge in [0.2, 0.25) is 0 Å². The molecule has 27 heavy (non-hydrogen) atoms. The number of nitrogens with zero attached hydrogens (tertiary/aromatic N) is 2. The van der Waals surface area contributed by atoms with Crippen LogP contribution in [-0.2, 0) is 13.1 Å². The van der Waals surface area contributed by atoms with Crippen molar-refractivity contribution in [2.24, 2.45) is 4.99 Å². The van der Waals surface area contributed by atoms with Gasteiger partial charge in [0.25, 0.3) is 5.91 Å². The molecule has 0 fully saturated rings. The fourth-order valence-corrected chi connectivity index (χ4v) is 3.75. The van der Waals surface area contributed by atoms with E-state index in [1.807, 2.05) is 29.8 Å². The molecule has 1 amide bonds. The molecule has 136 valence electrons. The second-order valence-corrected chi connectivity index (χ2v) is 6.94. The monoisotopic (exact) mass is 377 g/mol. The zero-order chi connectivity index (χ0) is 18.6. The van der Waals surface area contributed by atoms with E-state index in [4.69, 9.17) is 4.42 Å². The summed E-state index contributed by atoms with van der Waals surface area (Å²) in [5.41, 5.74) is 2.80. The smallest absolute Gasteiger partial charge is 0.254 e. The van der Waals surface area contributed by atoms with Gasteiger partial charge in [-0.15, -0.1) is 11.3 Å². The summed E-state index contributed by atoms with van der Waals surface area (Å²) < 4.78 is 7.44. The van der Waals surface area contributed by atoms with Crippen LogP contribution in [0.2, 0.25) is 0 Å². The number of carbonyl (C=O) groups is 1. The minimum absolute atomic E-state index is 0.157. The van der Waals surface area contributed by atoms with Gasteiger partial charge in [-0.2, -0.15) is 0 Å². The normalized spacial score (nSPS) is 11.4. The SMILES string of the molecule is CCn1cc(C=Nc2sccc2C(=O)NCc2ccco2)c2ccccc21. The predicted octanol–water partition coefficient (Wildman–Crippen LogP) is 5.00. The van der Waals surface area contributed by atoms with Crippen LogP contribution in [0.25, 0.3) is 10.9 Å². The van der Waals surface area contributed by atoms with Crippen LogP contribution in [-0.4, -0.2) is 16.7 Å². The highest BCUT2D eigenvalue weighted by molar-refractivity contribution is 7.14. The molecule has 0 aliphatic heterocycles. The van der Waals surface area contributed by atoms with E-state index in [-0.39, 0.29) is 5.91 Å². The van der Waals surface area contributed by atoms with E-state index in [9.17, 15) is 4.79 Å². The second kappa shape index (κ2) is 7.63. The highest BCUT2D eigenvalue weighted by atomic mass is 32.1. The maximum Gasteiger partial charge on any atom is 0.254 e. The van der Waals surface area contributed by atoms with Gasteiger partial charge in [0.15, 0.2) is 0 Å². The molecule has 4 aromatic rings. The first-order valence-corrected chi connectivity index (χ1v) is 9.64. The number of benzene rings is 1. The van der Waals surface area contributed by atoms with Gasteiger partial charge in [0.1, 0.15) is 10.8 Å². The van der Waals surface area contributed by atoms with Crippen molar-refractivity contribution in [3.63, 3.8) is 0 Å². The largest absolute Gasteiger partial charge is 0.467 e. The Balaban J connectivity index is 1.56. The van der Waals surface area contributed by atoms with Crippen molar-refractivity contribution < 1.29 is 9.21 Å². The first-order chi connectivity index (χ1) is 13.3. The number of rotatable bonds is 6. The van der Waals surface area contributed by atoms with Gasteiger partial charge in [-0.1, -0.05) is 18.2 Å². The summed E-state index contributed by atoms with van der Waals surface area (Å²) in [6, 6.07) is 13.7. The van der Waals surface area contributed by atoms with E-state index < -0.39 is 0 Å². The molecular weight excluding hydrogens is 358 g/mol. The lowest BCUT2D eigenvalue weighted by atomic mass is 10.2. The summed E-state index contributed by atoms with van der Waals surface area (Å²) in [7, 11) is 0. The van der Waals surface area contributed by atoms with E-state index in [2.05, 4.69) is 40.1 Å². The molecule has 6 heteroatoms. The third kappa shape index (κ3) is 3.57. The number of aliphatic imine (C=N–C) groups is 1. The lowest BCUT2D eigenvalue weighted by Crippen LogP contribution is -2.22. The van der Waals surface area contributed by atoms with E-state index >= 15 is 0 Å². The number of para-hydroxylation sites is 1. The number of aryl methyl sites for hydroxylation is 1. The van der Waals surface area contributed by atoms with E-state index in [1.54, 1.807) is 18.4 Å². The first kappa shape index (κ1) is 17.3. The lowest BCUT2D eigenvalue weighted by Gasteiger charge is -2.02. The molecule has 0 aliphatic rings. The second-order valence-electron chi connectivity index (χ2n) is 6.05. The molecule has 1 aromatic carbocycles. The Morgan fingerprint density at radius 1 is 1.26 bits per heavy atom. The Labute approximate surface area is 161 Å². The zero-order valence-corrected chi connectivity index (χ0v) is 15.7. The molecule has 0 saturated carbocycles. The van der Waals surface area contributed by atoms with Crippen LogP contribution >= 0.6 is 11.3 Å². The van der Waals surface area contributed by atoms with Gasteiger partial charge in [-0.05, 0) is 36.6 Å². The van der Waals surface area contributed by atoms with Crippen molar-refractivity contribution in [2.45, 2.75) is 20.0 Å². The van der Waals surface area contributed by atoms with Crippen LogP contribution in [0.3, 0.4) is 0 Å². The minimum Gasteiger partial charge on any atom is -0.467 e. The first-order valence-electron chi connectivity index (χ1n) is 8.76. The average molecular weight is 377 g/mol. The molecule has 0 aliphatic carbocycles. The molecule has 0 saturated heterocycles. The van der Waals surface area contributed by atoms with Gasteiger partial charge in [-0.3, -0.25) is 4.79 Å². The molecule has 1 N–H and O–H groups in total. The van der Waals surface area contributed by atoms with Gasteiger partial charge in [0.05, 0.1) is 18.4 Å². The third-order valence-corrected chi connectivity index (χ3v) is 5.19. The van der Waals surface area contributed by atoms with E-state index in [0.717, 1.165) is 23.3 Å². The van der Waals surface area contributed by atoms with Crippen LogP contribution in [0.1, 0.15) is 28.6 Å². The molecule has 0 bridgehead atoms. The van der Waals surface area contributed by atoms with Crippen molar-refractivity contribution in [3.05, 3.63) is 77.2 Å². The van der Waals surface area contributed by atoms with Crippen LogP contribution in [0.15, 0.2) is 69.7 Å². The Hall–Kier alpha value is -3.12. The Kier molecular flexibility index (Phi) is 4.89. The standard InChI is InChI=1S/C21H19N3O2S/c1-2-24-14-15(17-7-3-4-8-19(17)24)12-23-21-18(9-11-27-21)20(25)22-13-16-6-5-10-26-16/h3-12,14H,2,13H2,1H3,(H,22,25). The molecular formula is C21H19N3O2S. The number of aromatic nitrogens is 1. The summed E-state index contributed by atoms with van der Waals surface area (Å²) in [5, 5.41) is 6.59. The summed E-state index contributed by atoms with van der Waals surface area (Å²) in [5.74, 6) is 0.562. The van der Waals surface area contributed by atoms with Gasteiger partial charge in [0, 0.05) is 35.4 Å². The summed E-state index contributed by atoms with van der Waals surface area (Å²) in [6.45, 7) is 3.37. The highest BCUT2D eigenvalue weighted by Crippen LogP contribution is 2.27. The number of furan rings is 1. The number of nitrogens with one attached hydrogen (secondary N) is 1. The number of hydrogen-bond donors (Lipinski definition) is 1. The molecule has 0 spiro atoms. The topological polar surface area (TPSA) is 59.5 Å². The van der Waals surface area contributed by atoms with Crippen LogP contribution in [0, 0.1) is 0 Å². The summed E-state index contributed by atoms with van der Waals surface area (Å²) >= 11 is 1.45. The van der Waals surface area contributed by atoms with Gasteiger partial charge < -0.3 is 14.3 Å². The maximum absolute atomic E-state index is 12.5. The summed E-state index contributed by atoms with van der Waals surface area (Å²) in [4.78, 5) is 17.1. The zero-order valence-electron chi connectivity index (χ0n) is 14.9. The molecule has 3 aromatic heterocycles. The lowest BCUT2D eigenvalue weighted by molar-refractivity contribution is 0.0949. The van der Waals surface area contributed by atoms with Gasteiger partial charge >= 0.3 is 0 Å². The molecule has 5 nitrogen and oxygen atoms in total. The predicted molar refractivity (Wildman–Crippen MR) is 109 cm³/mol. The number of carbonyl (C=O) groups excluding carboxylic acids is 1. The van der Waals surface area contributed by atoms with Crippen LogP contribution < -0.4 is 5.32 Å². The number of fused-ring (bicyclic) bond motifs is 1. The third-order valence-electron chi connectivity index (χ3n) is 4.37. The van der Waals surface area contributed by atoms with Gasteiger partial charge in [-0.25, -0.2) is 4.99 Å². The van der Waals surface area contributed by atoms with Crippen LogP contribution in [0.5, 0.6) is 0 Å². The quantitative estimate of drug-likeness (QED) is 0.481. The van der Waals surface area contributed by atoms with Crippen LogP contribution in [0.4, 0.5) is 5.00 Å². The van der Waals surface area contributed by atoms with Crippen molar-refractivity contribution in [1.82, 2.24) is 9.88 Å². The summed E-state index contributed by atoms with van der Waals surface area (Å²) in [6.07, 6.45) is 5.52. The van der Waals surface area contributed by atoms with Crippen molar-refractivity contribution >= 4 is 39.4 Å².